The predicted molar refractivity (Wildman–Crippen MR) is 108 cm³/mol. The van der Waals surface area contributed by atoms with Crippen LogP contribution in [0.1, 0.15) is 15.9 Å². The van der Waals surface area contributed by atoms with Crippen LogP contribution in [0.25, 0.3) is 0 Å². The van der Waals surface area contributed by atoms with Crippen molar-refractivity contribution in [1.29, 1.82) is 0 Å². The Balaban J connectivity index is 1.80. The Labute approximate surface area is 159 Å². The van der Waals surface area contributed by atoms with Crippen LogP contribution in [0.4, 0.5) is 11.4 Å². The first kappa shape index (κ1) is 18.7. The van der Waals surface area contributed by atoms with Crippen LogP contribution in [0.3, 0.4) is 0 Å². The molecular formula is C21H20N2O3S. The quantitative estimate of drug-likeness (QED) is 0.725. The smallest absolute Gasteiger partial charge is 0.264 e. The highest BCUT2D eigenvalue weighted by Gasteiger charge is 2.21. The second-order valence-corrected chi connectivity index (χ2v) is 8.07. The first-order valence-corrected chi connectivity index (χ1v) is 9.84. The highest BCUT2D eigenvalue weighted by molar-refractivity contribution is 7.92. The van der Waals surface area contributed by atoms with Gasteiger partial charge < -0.3 is 5.32 Å². The molecule has 0 aliphatic heterocycles. The molecule has 0 atom stereocenters. The van der Waals surface area contributed by atoms with E-state index in [2.05, 4.69) is 5.32 Å². The number of benzene rings is 3. The fourth-order valence-corrected chi connectivity index (χ4v) is 3.82. The minimum absolute atomic E-state index is 0.126. The lowest BCUT2D eigenvalue weighted by Gasteiger charge is -2.19. The average Bonchev–Trinajstić information content (AvgIpc) is 2.70. The fourth-order valence-electron chi connectivity index (χ4n) is 2.62. The molecule has 0 aromatic heterocycles. The van der Waals surface area contributed by atoms with Crippen LogP contribution in [0.5, 0.6) is 0 Å². The zero-order valence-electron chi connectivity index (χ0n) is 15.1. The molecule has 0 fully saturated rings. The van der Waals surface area contributed by atoms with Gasteiger partial charge in [0.15, 0.2) is 0 Å². The summed E-state index contributed by atoms with van der Waals surface area (Å²) in [6.07, 6.45) is 0. The van der Waals surface area contributed by atoms with Crippen molar-refractivity contribution in [2.45, 2.75) is 11.8 Å². The minimum atomic E-state index is -3.70. The summed E-state index contributed by atoms with van der Waals surface area (Å²) in [4.78, 5) is 12.5. The van der Waals surface area contributed by atoms with Gasteiger partial charge in [-0.05, 0) is 55.0 Å². The SMILES string of the molecule is Cc1ccccc1NC(=O)c1ccc(S(=O)(=O)N(C)c2ccccc2)cc1. The highest BCUT2D eigenvalue weighted by atomic mass is 32.2. The van der Waals surface area contributed by atoms with E-state index in [0.29, 0.717) is 11.3 Å². The molecule has 0 aliphatic rings. The van der Waals surface area contributed by atoms with Crippen molar-refractivity contribution in [3.8, 4) is 0 Å². The summed E-state index contributed by atoms with van der Waals surface area (Å²) < 4.78 is 26.8. The molecule has 27 heavy (non-hydrogen) atoms. The third kappa shape index (κ3) is 4.01. The lowest BCUT2D eigenvalue weighted by molar-refractivity contribution is 0.102. The van der Waals surface area contributed by atoms with E-state index < -0.39 is 10.0 Å². The first-order chi connectivity index (χ1) is 12.9. The van der Waals surface area contributed by atoms with Crippen LogP contribution in [0.15, 0.2) is 83.8 Å². The number of hydrogen-bond donors (Lipinski definition) is 1. The number of sulfonamides is 1. The van der Waals surface area contributed by atoms with Gasteiger partial charge in [-0.1, -0.05) is 36.4 Å². The number of para-hydroxylation sites is 2. The molecular weight excluding hydrogens is 360 g/mol. The van der Waals surface area contributed by atoms with Gasteiger partial charge in [-0.25, -0.2) is 8.42 Å². The maximum Gasteiger partial charge on any atom is 0.264 e. The van der Waals surface area contributed by atoms with E-state index in [0.717, 1.165) is 11.3 Å². The molecule has 3 aromatic rings. The number of hydrogen-bond acceptors (Lipinski definition) is 3. The Kier molecular flexibility index (Phi) is 5.28. The Morgan fingerprint density at radius 3 is 2.07 bits per heavy atom. The van der Waals surface area contributed by atoms with Crippen LogP contribution < -0.4 is 9.62 Å². The van der Waals surface area contributed by atoms with E-state index in [1.807, 2.05) is 37.3 Å². The van der Waals surface area contributed by atoms with Crippen molar-refractivity contribution in [3.05, 3.63) is 90.0 Å². The van der Waals surface area contributed by atoms with Gasteiger partial charge >= 0.3 is 0 Å². The van der Waals surface area contributed by atoms with Crippen molar-refractivity contribution in [2.75, 3.05) is 16.7 Å². The number of anilines is 2. The number of amides is 1. The maximum atomic E-state index is 12.8. The van der Waals surface area contributed by atoms with Crippen molar-refractivity contribution in [2.24, 2.45) is 0 Å². The summed E-state index contributed by atoms with van der Waals surface area (Å²) in [6, 6.07) is 22.2. The van der Waals surface area contributed by atoms with E-state index in [1.165, 1.54) is 35.6 Å². The number of nitrogens with zero attached hydrogens (tertiary/aromatic N) is 1. The average molecular weight is 380 g/mol. The second-order valence-electron chi connectivity index (χ2n) is 6.10. The first-order valence-electron chi connectivity index (χ1n) is 8.40. The number of rotatable bonds is 5. The summed E-state index contributed by atoms with van der Waals surface area (Å²) in [5.74, 6) is -0.287. The standard InChI is InChI=1S/C21H20N2O3S/c1-16-8-6-7-11-20(16)22-21(24)17-12-14-19(15-13-17)27(25,26)23(2)18-9-4-3-5-10-18/h3-15H,1-2H3,(H,22,24). The van der Waals surface area contributed by atoms with E-state index >= 15 is 0 Å². The van der Waals surface area contributed by atoms with Gasteiger partial charge in [0.2, 0.25) is 0 Å². The Morgan fingerprint density at radius 1 is 0.852 bits per heavy atom. The van der Waals surface area contributed by atoms with E-state index in [1.54, 1.807) is 24.3 Å². The Hall–Kier alpha value is -3.12. The molecule has 0 bridgehead atoms. The summed E-state index contributed by atoms with van der Waals surface area (Å²) in [6.45, 7) is 1.91. The lowest BCUT2D eigenvalue weighted by Crippen LogP contribution is -2.26. The predicted octanol–water partition coefficient (Wildman–Crippen LogP) is 4.07. The molecule has 0 radical (unpaired) electrons. The second kappa shape index (κ2) is 7.63. The van der Waals surface area contributed by atoms with Crippen LogP contribution in [-0.4, -0.2) is 21.4 Å². The molecule has 0 unspecified atom stereocenters. The number of carbonyl (C=O) groups excluding carboxylic acids is 1. The number of nitrogens with one attached hydrogen (secondary N) is 1. The Bertz CT molecular complexity index is 1050. The summed E-state index contributed by atoms with van der Waals surface area (Å²) in [5, 5.41) is 2.83. The van der Waals surface area contributed by atoms with Crippen molar-refractivity contribution < 1.29 is 13.2 Å². The summed E-state index contributed by atoms with van der Waals surface area (Å²) in [5.41, 5.74) is 2.64. The van der Waals surface area contributed by atoms with E-state index in [9.17, 15) is 13.2 Å². The maximum absolute atomic E-state index is 12.8. The van der Waals surface area contributed by atoms with E-state index in [-0.39, 0.29) is 10.8 Å². The van der Waals surface area contributed by atoms with Gasteiger partial charge in [-0.15, -0.1) is 0 Å². The zero-order valence-corrected chi connectivity index (χ0v) is 15.9. The van der Waals surface area contributed by atoms with Gasteiger partial charge in [-0.3, -0.25) is 9.10 Å². The molecule has 1 amide bonds. The minimum Gasteiger partial charge on any atom is -0.322 e. The fraction of sp³-hybridized carbons (Fsp3) is 0.0952. The topological polar surface area (TPSA) is 66.5 Å². The van der Waals surface area contributed by atoms with Gasteiger partial charge in [0.1, 0.15) is 0 Å². The number of aryl methyl sites for hydroxylation is 1. The summed E-state index contributed by atoms with van der Waals surface area (Å²) in [7, 11) is -2.20. The third-order valence-corrected chi connectivity index (χ3v) is 6.09. The largest absolute Gasteiger partial charge is 0.322 e. The van der Waals surface area contributed by atoms with Gasteiger partial charge in [0.25, 0.3) is 15.9 Å². The molecule has 0 spiro atoms. The van der Waals surface area contributed by atoms with Gasteiger partial charge in [-0.2, -0.15) is 0 Å². The molecule has 5 nitrogen and oxygen atoms in total. The molecule has 1 N–H and O–H groups in total. The third-order valence-electron chi connectivity index (χ3n) is 4.29. The zero-order chi connectivity index (χ0) is 19.4. The summed E-state index contributed by atoms with van der Waals surface area (Å²) >= 11 is 0. The van der Waals surface area contributed by atoms with Crippen LogP contribution in [0, 0.1) is 6.92 Å². The molecule has 3 rings (SSSR count). The monoisotopic (exact) mass is 380 g/mol. The Morgan fingerprint density at radius 2 is 1.44 bits per heavy atom. The lowest BCUT2D eigenvalue weighted by atomic mass is 10.1. The van der Waals surface area contributed by atoms with Crippen LogP contribution >= 0.6 is 0 Å². The molecule has 3 aromatic carbocycles. The van der Waals surface area contributed by atoms with Crippen LogP contribution in [-0.2, 0) is 10.0 Å². The van der Waals surface area contributed by atoms with Gasteiger partial charge in [0, 0.05) is 18.3 Å². The van der Waals surface area contributed by atoms with Crippen molar-refractivity contribution in [3.63, 3.8) is 0 Å². The molecule has 0 saturated carbocycles. The normalized spacial score (nSPS) is 11.0. The van der Waals surface area contributed by atoms with Crippen molar-refractivity contribution in [1.82, 2.24) is 0 Å². The molecule has 0 aliphatic carbocycles. The highest BCUT2D eigenvalue weighted by Crippen LogP contribution is 2.22. The van der Waals surface area contributed by atoms with Gasteiger partial charge in [0.05, 0.1) is 10.6 Å². The molecule has 0 heterocycles. The molecule has 6 heteroatoms. The molecule has 0 saturated heterocycles. The molecule has 138 valence electrons. The van der Waals surface area contributed by atoms with E-state index in [4.69, 9.17) is 0 Å². The van der Waals surface area contributed by atoms with Crippen molar-refractivity contribution >= 4 is 27.3 Å². The number of carbonyl (C=O) groups is 1. The van der Waals surface area contributed by atoms with Crippen LogP contribution in [0.2, 0.25) is 0 Å².